The number of hydrogen-bond donors (Lipinski definition) is 2. The summed E-state index contributed by atoms with van der Waals surface area (Å²) in [6, 6.07) is 8.93. The fraction of sp³-hybridized carbons (Fsp3) is 0.353. The number of Topliss-reactive ketones (excluding diaryl/α,β-unsaturated/α-hetero) is 1. The maximum Gasteiger partial charge on any atom is 0.169 e. The highest BCUT2D eigenvalue weighted by atomic mass is 16.3. The molecule has 1 aromatic rings. The van der Waals surface area contributed by atoms with Crippen LogP contribution in [0.1, 0.15) is 32.8 Å². The second kappa shape index (κ2) is 4.91. The van der Waals surface area contributed by atoms with Crippen LogP contribution in [0.4, 0.5) is 0 Å². The molecule has 0 heterocycles. The lowest BCUT2D eigenvalue weighted by Crippen LogP contribution is -2.44. The Kier molecular flexibility index (Phi) is 3.57. The van der Waals surface area contributed by atoms with Gasteiger partial charge in [-0.3, -0.25) is 4.79 Å². The summed E-state index contributed by atoms with van der Waals surface area (Å²) in [6.07, 6.45) is 3.13. The van der Waals surface area contributed by atoms with Gasteiger partial charge >= 0.3 is 0 Å². The van der Waals surface area contributed by atoms with E-state index in [1.54, 1.807) is 30.3 Å². The number of carbonyl (C=O) groups is 1. The number of rotatable bonds is 1. The predicted octanol–water partition coefficient (Wildman–Crippen LogP) is 3.26. The highest BCUT2D eigenvalue weighted by molar-refractivity contribution is 6.05. The van der Waals surface area contributed by atoms with Gasteiger partial charge < -0.3 is 10.2 Å². The van der Waals surface area contributed by atoms with Crippen LogP contribution in [0.5, 0.6) is 0 Å². The van der Waals surface area contributed by atoms with Crippen LogP contribution in [0.25, 0.3) is 5.76 Å². The van der Waals surface area contributed by atoms with Crippen molar-refractivity contribution in [2.24, 2.45) is 5.41 Å². The number of carbonyl (C=O) groups excluding carboxylic acids is 1. The smallest absolute Gasteiger partial charge is 0.169 e. The van der Waals surface area contributed by atoms with Gasteiger partial charge in [0.05, 0.1) is 11.2 Å². The van der Waals surface area contributed by atoms with Crippen LogP contribution in [0.3, 0.4) is 0 Å². The van der Waals surface area contributed by atoms with Gasteiger partial charge in [0, 0.05) is 12.0 Å². The van der Waals surface area contributed by atoms with Crippen molar-refractivity contribution in [2.75, 3.05) is 0 Å². The minimum atomic E-state index is -1.18. The van der Waals surface area contributed by atoms with Gasteiger partial charge in [-0.05, 0) is 11.5 Å². The molecule has 0 aliphatic heterocycles. The Bertz CT molecular complexity index is 576. The SMILES string of the molecule is CC(C)(C)C1(O)C=CC(=C(O)c2ccccc2)C(=O)C1. The zero-order valence-electron chi connectivity index (χ0n) is 12.1. The Morgan fingerprint density at radius 3 is 2.30 bits per heavy atom. The Labute approximate surface area is 119 Å². The minimum Gasteiger partial charge on any atom is -0.507 e. The van der Waals surface area contributed by atoms with E-state index < -0.39 is 11.0 Å². The standard InChI is InChI=1S/C17H20O3/c1-16(2,3)17(20)10-9-13(14(18)11-17)15(19)12-7-5-4-6-8-12/h4-10,19-20H,11H2,1-3H3. The number of hydrogen-bond acceptors (Lipinski definition) is 3. The average Bonchev–Trinajstić information content (AvgIpc) is 2.38. The van der Waals surface area contributed by atoms with E-state index in [-0.39, 0.29) is 23.5 Å². The van der Waals surface area contributed by atoms with E-state index in [1.165, 1.54) is 6.08 Å². The van der Waals surface area contributed by atoms with Crippen LogP contribution < -0.4 is 0 Å². The normalized spacial score (nSPS) is 25.7. The fourth-order valence-electron chi connectivity index (χ4n) is 2.19. The first-order chi connectivity index (χ1) is 9.24. The molecule has 0 saturated heterocycles. The Hall–Kier alpha value is -1.87. The molecule has 20 heavy (non-hydrogen) atoms. The molecule has 2 N–H and O–H groups in total. The van der Waals surface area contributed by atoms with E-state index in [0.29, 0.717) is 5.56 Å². The van der Waals surface area contributed by atoms with E-state index >= 15 is 0 Å². The van der Waals surface area contributed by atoms with Crippen LogP contribution in [0.2, 0.25) is 0 Å². The molecule has 0 fully saturated rings. The number of benzene rings is 1. The van der Waals surface area contributed by atoms with Crippen molar-refractivity contribution in [3.05, 3.63) is 53.6 Å². The molecule has 1 aliphatic rings. The van der Waals surface area contributed by atoms with Gasteiger partial charge in [0.1, 0.15) is 5.76 Å². The monoisotopic (exact) mass is 272 g/mol. The molecule has 1 unspecified atom stereocenters. The molecular weight excluding hydrogens is 252 g/mol. The van der Waals surface area contributed by atoms with E-state index in [2.05, 4.69) is 0 Å². The summed E-state index contributed by atoms with van der Waals surface area (Å²) in [5.41, 5.74) is -0.760. The quantitative estimate of drug-likeness (QED) is 0.609. The Morgan fingerprint density at radius 2 is 1.80 bits per heavy atom. The third kappa shape index (κ3) is 2.54. The van der Waals surface area contributed by atoms with Crippen LogP contribution in [-0.4, -0.2) is 21.6 Å². The molecule has 0 amide bonds. The summed E-state index contributed by atoms with van der Waals surface area (Å²) in [5, 5.41) is 20.8. The van der Waals surface area contributed by atoms with Crippen molar-refractivity contribution in [1.82, 2.24) is 0 Å². The van der Waals surface area contributed by atoms with Gasteiger partial charge in [-0.25, -0.2) is 0 Å². The highest BCUT2D eigenvalue weighted by Crippen LogP contribution is 2.39. The number of allylic oxidation sites excluding steroid dienone is 2. The van der Waals surface area contributed by atoms with Crippen LogP contribution in [0.15, 0.2) is 48.1 Å². The highest BCUT2D eigenvalue weighted by Gasteiger charge is 2.42. The van der Waals surface area contributed by atoms with Gasteiger partial charge in [-0.15, -0.1) is 0 Å². The molecule has 0 aromatic heterocycles. The molecular formula is C17H20O3. The van der Waals surface area contributed by atoms with E-state index in [0.717, 1.165) is 0 Å². The zero-order valence-corrected chi connectivity index (χ0v) is 12.1. The first kappa shape index (κ1) is 14.5. The lowest BCUT2D eigenvalue weighted by Gasteiger charge is -2.39. The average molecular weight is 272 g/mol. The van der Waals surface area contributed by atoms with Crippen molar-refractivity contribution in [2.45, 2.75) is 32.8 Å². The van der Waals surface area contributed by atoms with Crippen molar-refractivity contribution in [3.63, 3.8) is 0 Å². The molecule has 0 bridgehead atoms. The molecule has 3 heteroatoms. The Morgan fingerprint density at radius 1 is 1.20 bits per heavy atom. The predicted molar refractivity (Wildman–Crippen MR) is 79.2 cm³/mol. The molecule has 106 valence electrons. The van der Waals surface area contributed by atoms with E-state index in [1.807, 2.05) is 26.8 Å². The summed E-state index contributed by atoms with van der Waals surface area (Å²) in [5.74, 6) is -0.283. The molecule has 2 rings (SSSR count). The summed E-state index contributed by atoms with van der Waals surface area (Å²) < 4.78 is 0. The maximum atomic E-state index is 12.2. The van der Waals surface area contributed by atoms with Gasteiger partial charge in [-0.1, -0.05) is 57.2 Å². The van der Waals surface area contributed by atoms with Gasteiger partial charge in [-0.2, -0.15) is 0 Å². The second-order valence-corrected chi connectivity index (χ2v) is 6.24. The molecule has 1 aromatic carbocycles. The molecule has 1 aliphatic carbocycles. The summed E-state index contributed by atoms with van der Waals surface area (Å²) in [6.45, 7) is 5.66. The van der Waals surface area contributed by atoms with Crippen molar-refractivity contribution < 1.29 is 15.0 Å². The van der Waals surface area contributed by atoms with Crippen LogP contribution in [0, 0.1) is 5.41 Å². The number of aliphatic hydroxyl groups is 2. The maximum absolute atomic E-state index is 12.2. The lowest BCUT2D eigenvalue weighted by atomic mass is 9.70. The summed E-state index contributed by atoms with van der Waals surface area (Å²) in [4.78, 5) is 12.2. The van der Waals surface area contributed by atoms with Crippen molar-refractivity contribution >= 4 is 11.5 Å². The third-order valence-corrected chi connectivity index (χ3v) is 3.86. The van der Waals surface area contributed by atoms with Gasteiger partial charge in [0.2, 0.25) is 0 Å². The molecule has 0 spiro atoms. The molecule has 0 radical (unpaired) electrons. The van der Waals surface area contributed by atoms with Crippen LogP contribution >= 0.6 is 0 Å². The first-order valence-electron chi connectivity index (χ1n) is 6.68. The van der Waals surface area contributed by atoms with E-state index in [9.17, 15) is 15.0 Å². The van der Waals surface area contributed by atoms with Crippen LogP contribution in [-0.2, 0) is 4.79 Å². The molecule has 3 nitrogen and oxygen atoms in total. The molecule has 1 atom stereocenters. The minimum absolute atomic E-state index is 0.0147. The second-order valence-electron chi connectivity index (χ2n) is 6.24. The van der Waals surface area contributed by atoms with Crippen molar-refractivity contribution in [1.29, 1.82) is 0 Å². The Balaban J connectivity index is 2.43. The lowest BCUT2D eigenvalue weighted by molar-refractivity contribution is -0.123. The summed E-state index contributed by atoms with van der Waals surface area (Å²) in [7, 11) is 0. The third-order valence-electron chi connectivity index (χ3n) is 3.86. The zero-order chi connectivity index (χ0) is 15.0. The fourth-order valence-corrected chi connectivity index (χ4v) is 2.19. The topological polar surface area (TPSA) is 57.5 Å². The van der Waals surface area contributed by atoms with E-state index in [4.69, 9.17) is 0 Å². The number of aliphatic hydroxyl groups excluding tert-OH is 1. The largest absolute Gasteiger partial charge is 0.507 e. The van der Waals surface area contributed by atoms with Crippen molar-refractivity contribution in [3.8, 4) is 0 Å². The van der Waals surface area contributed by atoms with Gasteiger partial charge in [0.25, 0.3) is 0 Å². The summed E-state index contributed by atoms with van der Waals surface area (Å²) >= 11 is 0. The van der Waals surface area contributed by atoms with Gasteiger partial charge in [0.15, 0.2) is 5.78 Å². The number of ketones is 1. The first-order valence-corrected chi connectivity index (χ1v) is 6.68. The molecule has 0 saturated carbocycles.